The highest BCUT2D eigenvalue weighted by molar-refractivity contribution is 6.21. The second-order valence-electron chi connectivity index (χ2n) is 2.68. The van der Waals surface area contributed by atoms with Gasteiger partial charge in [-0.3, -0.25) is 0 Å². The number of hydrogen-bond acceptors (Lipinski definition) is 3. The van der Waals surface area contributed by atoms with Crippen molar-refractivity contribution in [2.45, 2.75) is 23.7 Å². The van der Waals surface area contributed by atoms with Crippen LogP contribution in [0, 0.1) is 0 Å². The van der Waals surface area contributed by atoms with Crippen molar-refractivity contribution >= 4 is 11.6 Å². The molecule has 4 heteroatoms. The number of hydrogen-bond donors (Lipinski definition) is 1. The van der Waals surface area contributed by atoms with Crippen LogP contribution in [0.2, 0.25) is 0 Å². The Hall–Kier alpha value is 0.170. The maximum absolute atomic E-state index is 9.23. The van der Waals surface area contributed by atoms with Crippen LogP contribution >= 0.6 is 11.6 Å². The number of halogens is 1. The van der Waals surface area contributed by atoms with Crippen LogP contribution in [0.25, 0.3) is 0 Å². The third-order valence-electron chi connectivity index (χ3n) is 1.98. The summed E-state index contributed by atoms with van der Waals surface area (Å²) in [6.45, 7) is 0.883. The van der Waals surface area contributed by atoms with Crippen molar-refractivity contribution in [1.29, 1.82) is 0 Å². The second-order valence-corrected chi connectivity index (χ2v) is 3.19. The van der Waals surface area contributed by atoms with E-state index in [1.165, 1.54) is 0 Å². The van der Waals surface area contributed by atoms with Crippen molar-refractivity contribution in [3.8, 4) is 0 Å². The molecule has 2 fully saturated rings. The summed E-state index contributed by atoms with van der Waals surface area (Å²) in [4.78, 5) is 0. The van der Waals surface area contributed by atoms with E-state index < -0.39 is 6.10 Å². The van der Waals surface area contributed by atoms with Gasteiger partial charge in [-0.25, -0.2) is 0 Å². The first-order valence-corrected chi connectivity index (χ1v) is 3.78. The monoisotopic (exact) mass is 164 g/mol. The van der Waals surface area contributed by atoms with Crippen LogP contribution in [0.1, 0.15) is 0 Å². The Morgan fingerprint density at radius 3 is 2.80 bits per heavy atom. The minimum atomic E-state index is -0.541. The molecule has 0 unspecified atom stereocenters. The van der Waals surface area contributed by atoms with Crippen LogP contribution in [-0.4, -0.2) is 42.0 Å². The van der Waals surface area contributed by atoms with Gasteiger partial charge in [0.15, 0.2) is 0 Å². The second kappa shape index (κ2) is 2.34. The Balaban J connectivity index is 2.13. The quantitative estimate of drug-likeness (QED) is 0.502. The molecular formula is C6H9ClO3. The molecule has 0 aromatic rings. The Kier molecular flexibility index (Phi) is 1.60. The smallest absolute Gasteiger partial charge is 0.105 e. The van der Waals surface area contributed by atoms with Crippen molar-refractivity contribution in [1.82, 2.24) is 0 Å². The number of ether oxygens (including phenoxy) is 2. The van der Waals surface area contributed by atoms with Gasteiger partial charge in [0.1, 0.15) is 12.2 Å². The predicted molar refractivity (Wildman–Crippen MR) is 35.1 cm³/mol. The fourth-order valence-electron chi connectivity index (χ4n) is 1.38. The topological polar surface area (TPSA) is 38.7 Å². The van der Waals surface area contributed by atoms with Gasteiger partial charge in [0.25, 0.3) is 0 Å². The zero-order chi connectivity index (χ0) is 7.14. The van der Waals surface area contributed by atoms with E-state index >= 15 is 0 Å². The minimum Gasteiger partial charge on any atom is -0.388 e. The average Bonchev–Trinajstić information content (AvgIpc) is 2.13. The SMILES string of the molecule is O[C@H]1CO[C@@H]2CO[C@@H]1[C@H]2Cl. The summed E-state index contributed by atoms with van der Waals surface area (Å²) in [6, 6.07) is 0. The molecule has 0 amide bonds. The third-order valence-corrected chi connectivity index (χ3v) is 2.51. The summed E-state index contributed by atoms with van der Waals surface area (Å²) in [6.07, 6.45) is -0.753. The molecule has 2 rings (SSSR count). The van der Waals surface area contributed by atoms with Crippen molar-refractivity contribution in [2.24, 2.45) is 0 Å². The number of alkyl halides is 1. The van der Waals surface area contributed by atoms with Gasteiger partial charge in [-0.1, -0.05) is 0 Å². The molecule has 2 aliphatic heterocycles. The summed E-state index contributed by atoms with van der Waals surface area (Å²) < 4.78 is 10.4. The van der Waals surface area contributed by atoms with E-state index in [0.717, 1.165) is 0 Å². The summed E-state index contributed by atoms with van der Waals surface area (Å²) in [5.41, 5.74) is 0. The number of rotatable bonds is 0. The molecule has 1 N–H and O–H groups in total. The van der Waals surface area contributed by atoms with Crippen LogP contribution in [0.3, 0.4) is 0 Å². The molecule has 4 atom stereocenters. The first kappa shape index (κ1) is 6.85. The number of fused-ring (bicyclic) bond motifs is 2. The molecule has 2 aliphatic rings. The molecule has 0 aromatic carbocycles. The van der Waals surface area contributed by atoms with Crippen molar-refractivity contribution in [3.63, 3.8) is 0 Å². The predicted octanol–water partition coefficient (Wildman–Crippen LogP) is -0.248. The van der Waals surface area contributed by atoms with Crippen LogP contribution in [-0.2, 0) is 9.47 Å². The lowest BCUT2D eigenvalue weighted by molar-refractivity contribution is -0.0553. The molecule has 0 saturated carbocycles. The maximum Gasteiger partial charge on any atom is 0.105 e. The highest BCUT2D eigenvalue weighted by atomic mass is 35.5. The largest absolute Gasteiger partial charge is 0.388 e. The van der Waals surface area contributed by atoms with Crippen molar-refractivity contribution in [2.75, 3.05) is 13.2 Å². The standard InChI is InChI=1S/C6H9ClO3/c7-5-4-2-10-6(5)3(8)1-9-4/h3-6,8H,1-2H2/t3-,4+,5-,6-/m0/s1. The summed E-state index contributed by atoms with van der Waals surface area (Å²) >= 11 is 5.86. The molecule has 3 nitrogen and oxygen atoms in total. The zero-order valence-electron chi connectivity index (χ0n) is 5.37. The molecule has 2 bridgehead atoms. The fraction of sp³-hybridized carbons (Fsp3) is 1.00. The van der Waals surface area contributed by atoms with Crippen LogP contribution in [0.4, 0.5) is 0 Å². The third kappa shape index (κ3) is 0.855. The lowest BCUT2D eigenvalue weighted by Crippen LogP contribution is -2.44. The maximum atomic E-state index is 9.23. The van der Waals surface area contributed by atoms with Gasteiger partial charge in [0, 0.05) is 0 Å². The normalized spacial score (nSPS) is 53.4. The lowest BCUT2D eigenvalue weighted by atomic mass is 10.1. The number of aliphatic hydroxyl groups is 1. The van der Waals surface area contributed by atoms with Gasteiger partial charge in [-0.2, -0.15) is 0 Å². The molecule has 0 aromatic heterocycles. The molecule has 0 aliphatic carbocycles. The van der Waals surface area contributed by atoms with E-state index in [-0.39, 0.29) is 17.6 Å². The Bertz CT molecular complexity index is 141. The van der Waals surface area contributed by atoms with E-state index in [0.29, 0.717) is 13.2 Å². The Morgan fingerprint density at radius 1 is 1.30 bits per heavy atom. The zero-order valence-corrected chi connectivity index (χ0v) is 6.12. The molecule has 58 valence electrons. The van der Waals surface area contributed by atoms with Crippen LogP contribution in [0.5, 0.6) is 0 Å². The van der Waals surface area contributed by atoms with Gasteiger partial charge in [-0.15, -0.1) is 11.6 Å². The average molecular weight is 165 g/mol. The van der Waals surface area contributed by atoms with Gasteiger partial charge in [0.05, 0.1) is 24.7 Å². The number of aliphatic hydroxyl groups excluding tert-OH is 1. The first-order valence-electron chi connectivity index (χ1n) is 3.34. The highest BCUT2D eigenvalue weighted by Gasteiger charge is 2.45. The molecule has 0 spiro atoms. The van der Waals surface area contributed by atoms with Gasteiger partial charge in [-0.05, 0) is 0 Å². The summed E-state index contributed by atoms with van der Waals surface area (Å²) in [5.74, 6) is 0. The molecule has 2 saturated heterocycles. The summed E-state index contributed by atoms with van der Waals surface area (Å²) in [5, 5.41) is 9.07. The molecule has 10 heavy (non-hydrogen) atoms. The van der Waals surface area contributed by atoms with Crippen LogP contribution in [0.15, 0.2) is 0 Å². The van der Waals surface area contributed by atoms with Crippen LogP contribution < -0.4 is 0 Å². The molecule has 2 heterocycles. The lowest BCUT2D eigenvalue weighted by Gasteiger charge is -2.27. The Morgan fingerprint density at radius 2 is 2.10 bits per heavy atom. The van der Waals surface area contributed by atoms with Crippen molar-refractivity contribution < 1.29 is 14.6 Å². The van der Waals surface area contributed by atoms with Gasteiger partial charge >= 0.3 is 0 Å². The van der Waals surface area contributed by atoms with Crippen molar-refractivity contribution in [3.05, 3.63) is 0 Å². The fourth-order valence-corrected chi connectivity index (χ4v) is 1.77. The molecular weight excluding hydrogens is 156 g/mol. The van der Waals surface area contributed by atoms with Gasteiger partial charge in [0.2, 0.25) is 0 Å². The molecule has 0 radical (unpaired) electrons. The van der Waals surface area contributed by atoms with E-state index in [2.05, 4.69) is 0 Å². The van der Waals surface area contributed by atoms with E-state index in [4.69, 9.17) is 21.1 Å². The minimum absolute atomic E-state index is 0.00457. The summed E-state index contributed by atoms with van der Waals surface area (Å²) in [7, 11) is 0. The first-order chi connectivity index (χ1) is 4.79. The van der Waals surface area contributed by atoms with E-state index in [1.807, 2.05) is 0 Å². The van der Waals surface area contributed by atoms with E-state index in [9.17, 15) is 5.11 Å². The van der Waals surface area contributed by atoms with E-state index in [1.54, 1.807) is 0 Å². The Labute approximate surface area is 63.9 Å². The highest BCUT2D eigenvalue weighted by Crippen LogP contribution is 2.29. The van der Waals surface area contributed by atoms with Gasteiger partial charge < -0.3 is 14.6 Å².